The number of carbonyl (C=O) groups is 3. The molecule has 0 aliphatic carbocycles. The molecule has 154 valence electrons. The van der Waals surface area contributed by atoms with Gasteiger partial charge in [0.1, 0.15) is 6.61 Å². The first-order valence-electron chi connectivity index (χ1n) is 9.64. The van der Waals surface area contributed by atoms with Crippen molar-refractivity contribution in [2.24, 2.45) is 23.0 Å². The van der Waals surface area contributed by atoms with Crippen molar-refractivity contribution in [1.29, 1.82) is 0 Å². The van der Waals surface area contributed by atoms with E-state index in [0.29, 0.717) is 38.3 Å². The predicted octanol–water partition coefficient (Wildman–Crippen LogP) is 1.86. The third-order valence-corrected chi connectivity index (χ3v) is 5.17. The van der Waals surface area contributed by atoms with E-state index in [4.69, 9.17) is 15.2 Å². The fourth-order valence-corrected chi connectivity index (χ4v) is 3.33. The van der Waals surface area contributed by atoms with Gasteiger partial charge in [-0.3, -0.25) is 9.59 Å². The zero-order valence-electron chi connectivity index (χ0n) is 16.8. The lowest BCUT2D eigenvalue weighted by atomic mass is 9.72. The summed E-state index contributed by atoms with van der Waals surface area (Å²) in [6.45, 7) is 7.22. The number of amides is 2. The average Bonchev–Trinajstić information content (AvgIpc) is 2.70. The Morgan fingerprint density at radius 2 is 1.79 bits per heavy atom. The third-order valence-electron chi connectivity index (χ3n) is 5.17. The van der Waals surface area contributed by atoms with Gasteiger partial charge in [-0.1, -0.05) is 32.0 Å². The monoisotopic (exact) mass is 390 g/mol. The molecule has 0 spiro atoms. The first kappa shape index (κ1) is 21.9. The molecule has 1 saturated heterocycles. The highest BCUT2D eigenvalue weighted by molar-refractivity contribution is 5.92. The first-order valence-corrected chi connectivity index (χ1v) is 9.64. The summed E-state index contributed by atoms with van der Waals surface area (Å²) in [6, 6.07) is 8.52. The van der Waals surface area contributed by atoms with Crippen LogP contribution in [0.3, 0.4) is 0 Å². The van der Waals surface area contributed by atoms with Gasteiger partial charge in [0.05, 0.1) is 30.1 Å². The first-order chi connectivity index (χ1) is 13.3. The van der Waals surface area contributed by atoms with Gasteiger partial charge in [-0.15, -0.1) is 0 Å². The van der Waals surface area contributed by atoms with E-state index >= 15 is 0 Å². The molecule has 1 aliphatic heterocycles. The van der Waals surface area contributed by atoms with Crippen LogP contribution in [-0.4, -0.2) is 55.6 Å². The van der Waals surface area contributed by atoms with Crippen molar-refractivity contribution in [2.75, 3.05) is 32.9 Å². The van der Waals surface area contributed by atoms with Crippen LogP contribution in [-0.2, 0) is 19.1 Å². The summed E-state index contributed by atoms with van der Waals surface area (Å²) in [4.78, 5) is 39.7. The molecule has 1 aromatic carbocycles. The van der Waals surface area contributed by atoms with Gasteiger partial charge in [0, 0.05) is 13.1 Å². The maximum absolute atomic E-state index is 13.2. The molecule has 1 aromatic rings. The van der Waals surface area contributed by atoms with E-state index in [1.807, 2.05) is 13.8 Å². The van der Waals surface area contributed by atoms with Gasteiger partial charge >= 0.3 is 5.97 Å². The number of esters is 1. The molecule has 1 heterocycles. The lowest BCUT2D eigenvalue weighted by molar-refractivity contribution is -0.152. The fraction of sp³-hybridized carbons (Fsp3) is 0.571. The van der Waals surface area contributed by atoms with Crippen molar-refractivity contribution in [3.8, 4) is 0 Å². The summed E-state index contributed by atoms with van der Waals surface area (Å²) in [5.74, 6) is -1.85. The fourth-order valence-electron chi connectivity index (χ4n) is 3.33. The second-order valence-electron chi connectivity index (χ2n) is 7.84. The van der Waals surface area contributed by atoms with Crippen LogP contribution in [0.25, 0.3) is 0 Å². The molecule has 7 heteroatoms. The third kappa shape index (κ3) is 5.32. The lowest BCUT2D eigenvalue weighted by Crippen LogP contribution is -2.53. The molecule has 1 fully saturated rings. The maximum Gasteiger partial charge on any atom is 0.338 e. The molecule has 1 aliphatic rings. The molecule has 0 bridgehead atoms. The van der Waals surface area contributed by atoms with E-state index in [-0.39, 0.29) is 18.4 Å². The van der Waals surface area contributed by atoms with E-state index in [1.54, 1.807) is 42.2 Å². The number of primary amides is 1. The number of nitrogens with two attached hydrogens (primary N) is 1. The standard InChI is InChI=1S/C21H30N2O5/c1-15(2)13-17(18(24)23-9-11-27-12-10-23)21(3,20(22)26)14-28-19(25)16-7-5-4-6-8-16/h4-8,15,17H,9-14H2,1-3H3,(H2,22,26)/t17?,21-/m0/s1. The van der Waals surface area contributed by atoms with E-state index in [9.17, 15) is 14.4 Å². The summed E-state index contributed by atoms with van der Waals surface area (Å²) in [6.07, 6.45) is 0.471. The van der Waals surface area contributed by atoms with Crippen molar-refractivity contribution >= 4 is 17.8 Å². The van der Waals surface area contributed by atoms with Crippen LogP contribution in [0, 0.1) is 17.3 Å². The molecule has 0 radical (unpaired) electrons. The predicted molar refractivity (Wildman–Crippen MR) is 104 cm³/mol. The summed E-state index contributed by atoms with van der Waals surface area (Å²) >= 11 is 0. The molecule has 2 amide bonds. The van der Waals surface area contributed by atoms with Gasteiger partial charge in [-0.25, -0.2) is 4.79 Å². The van der Waals surface area contributed by atoms with Crippen molar-refractivity contribution in [1.82, 2.24) is 4.90 Å². The Bertz CT molecular complexity index is 685. The van der Waals surface area contributed by atoms with Gasteiger partial charge in [-0.05, 0) is 31.4 Å². The van der Waals surface area contributed by atoms with Gasteiger partial charge < -0.3 is 20.1 Å². The Hall–Kier alpha value is -2.41. The Kier molecular flexibility index (Phi) is 7.57. The summed E-state index contributed by atoms with van der Waals surface area (Å²) in [5.41, 5.74) is 4.80. The number of benzene rings is 1. The number of ether oxygens (including phenoxy) is 2. The molecule has 7 nitrogen and oxygen atoms in total. The minimum atomic E-state index is -1.30. The minimum Gasteiger partial charge on any atom is -0.461 e. The molecular weight excluding hydrogens is 360 g/mol. The highest BCUT2D eigenvalue weighted by atomic mass is 16.5. The Morgan fingerprint density at radius 3 is 2.32 bits per heavy atom. The molecule has 0 saturated carbocycles. The minimum absolute atomic E-state index is 0.144. The van der Waals surface area contributed by atoms with Gasteiger partial charge in [-0.2, -0.15) is 0 Å². The lowest BCUT2D eigenvalue weighted by Gasteiger charge is -2.38. The second kappa shape index (κ2) is 9.68. The normalized spacial score (nSPS) is 17.6. The zero-order chi connectivity index (χ0) is 20.7. The van der Waals surface area contributed by atoms with E-state index < -0.39 is 23.2 Å². The number of morpholine rings is 1. The Balaban J connectivity index is 2.22. The van der Waals surface area contributed by atoms with E-state index in [2.05, 4.69) is 0 Å². The number of rotatable bonds is 8. The van der Waals surface area contributed by atoms with E-state index in [1.165, 1.54) is 0 Å². The van der Waals surface area contributed by atoms with Gasteiger partial charge in [0.25, 0.3) is 0 Å². The molecule has 2 atom stereocenters. The van der Waals surface area contributed by atoms with Crippen molar-refractivity contribution in [3.05, 3.63) is 35.9 Å². The summed E-state index contributed by atoms with van der Waals surface area (Å²) < 4.78 is 10.7. The highest BCUT2D eigenvalue weighted by Crippen LogP contribution is 2.35. The SMILES string of the molecule is CC(C)CC(C(=O)N1CCOCC1)[C@](C)(COC(=O)c1ccccc1)C(N)=O. The van der Waals surface area contributed by atoms with Crippen LogP contribution in [0.4, 0.5) is 0 Å². The molecule has 0 aromatic heterocycles. The van der Waals surface area contributed by atoms with Crippen LogP contribution in [0.5, 0.6) is 0 Å². The zero-order valence-corrected chi connectivity index (χ0v) is 16.8. The smallest absolute Gasteiger partial charge is 0.338 e. The highest BCUT2D eigenvalue weighted by Gasteiger charge is 2.47. The number of carbonyl (C=O) groups excluding carboxylic acids is 3. The summed E-state index contributed by atoms with van der Waals surface area (Å²) in [5, 5.41) is 0. The topological polar surface area (TPSA) is 98.9 Å². The van der Waals surface area contributed by atoms with Crippen molar-refractivity contribution < 1.29 is 23.9 Å². The van der Waals surface area contributed by atoms with Crippen molar-refractivity contribution in [3.63, 3.8) is 0 Å². The quantitative estimate of drug-likeness (QED) is 0.683. The molecule has 28 heavy (non-hydrogen) atoms. The summed E-state index contributed by atoms with van der Waals surface area (Å²) in [7, 11) is 0. The van der Waals surface area contributed by atoms with Gasteiger partial charge in [0.15, 0.2) is 0 Å². The van der Waals surface area contributed by atoms with Crippen LogP contribution < -0.4 is 5.73 Å². The average molecular weight is 390 g/mol. The largest absolute Gasteiger partial charge is 0.461 e. The number of nitrogens with zero attached hydrogens (tertiary/aromatic N) is 1. The number of hydrogen-bond acceptors (Lipinski definition) is 5. The molecule has 1 unspecified atom stereocenters. The Labute approximate surface area is 166 Å². The van der Waals surface area contributed by atoms with E-state index in [0.717, 1.165) is 0 Å². The molecule has 2 N–H and O–H groups in total. The van der Waals surface area contributed by atoms with Crippen molar-refractivity contribution in [2.45, 2.75) is 27.2 Å². The van der Waals surface area contributed by atoms with Crippen LogP contribution in [0.15, 0.2) is 30.3 Å². The van der Waals surface area contributed by atoms with Gasteiger partial charge in [0.2, 0.25) is 11.8 Å². The number of hydrogen-bond donors (Lipinski definition) is 1. The van der Waals surface area contributed by atoms with Crippen LogP contribution in [0.2, 0.25) is 0 Å². The Morgan fingerprint density at radius 1 is 1.18 bits per heavy atom. The molecule has 2 rings (SSSR count). The second-order valence-corrected chi connectivity index (χ2v) is 7.84. The maximum atomic E-state index is 13.2. The van der Waals surface area contributed by atoms with Crippen LogP contribution >= 0.6 is 0 Å². The molecular formula is C21H30N2O5. The van der Waals surface area contributed by atoms with Crippen LogP contribution in [0.1, 0.15) is 37.6 Å².